The zero-order chi connectivity index (χ0) is 21.2. The number of aryl methyl sites for hydroxylation is 2. The van der Waals surface area contributed by atoms with Gasteiger partial charge < -0.3 is 14.8 Å². The Hall–Kier alpha value is -3.10. The molecule has 0 spiro atoms. The van der Waals surface area contributed by atoms with Crippen LogP contribution in [0.5, 0.6) is 0 Å². The van der Waals surface area contributed by atoms with E-state index in [4.69, 9.17) is 14.5 Å². The molecule has 1 fully saturated rings. The monoisotopic (exact) mass is 419 g/mol. The Kier molecular flexibility index (Phi) is 5.48. The number of benzene rings is 1. The van der Waals surface area contributed by atoms with Crippen LogP contribution in [-0.2, 0) is 22.3 Å². The number of hydrogen-bond acceptors (Lipinski definition) is 6. The normalized spacial score (nSPS) is 18.0. The summed E-state index contributed by atoms with van der Waals surface area (Å²) in [7, 11) is 0. The summed E-state index contributed by atoms with van der Waals surface area (Å²) in [5.74, 6) is 0.272. The lowest BCUT2D eigenvalue weighted by molar-refractivity contribution is -0.0855. The van der Waals surface area contributed by atoms with Crippen molar-refractivity contribution in [3.63, 3.8) is 0 Å². The minimum atomic E-state index is -0.196. The van der Waals surface area contributed by atoms with Crippen molar-refractivity contribution in [3.05, 3.63) is 59.0 Å². The van der Waals surface area contributed by atoms with E-state index in [-0.39, 0.29) is 12.0 Å². The number of hydrogen-bond donors (Lipinski definition) is 1. The summed E-state index contributed by atoms with van der Waals surface area (Å²) in [5.41, 5.74) is 5.74. The highest BCUT2D eigenvalue weighted by Crippen LogP contribution is 2.31. The fraction of sp³-hybridized carbons (Fsp3) is 0.391. The molecule has 31 heavy (non-hydrogen) atoms. The van der Waals surface area contributed by atoms with Crippen LogP contribution in [0.1, 0.15) is 33.6 Å². The molecule has 1 amide bonds. The van der Waals surface area contributed by atoms with Crippen LogP contribution in [0, 0.1) is 6.92 Å². The second-order valence-corrected chi connectivity index (χ2v) is 7.89. The maximum absolute atomic E-state index is 12.7. The SMILES string of the molecule is Cc1c(C(=O)NC[C@H]2COCCO2)cnn1-c1ncc2c(n1)-c1ccccc1CCC2. The van der Waals surface area contributed by atoms with Gasteiger partial charge in [0.1, 0.15) is 0 Å². The van der Waals surface area contributed by atoms with Crippen molar-refractivity contribution >= 4 is 5.91 Å². The molecule has 1 saturated heterocycles. The highest BCUT2D eigenvalue weighted by atomic mass is 16.6. The number of nitrogens with zero attached hydrogens (tertiary/aromatic N) is 4. The van der Waals surface area contributed by atoms with Crippen molar-refractivity contribution in [3.8, 4) is 17.2 Å². The predicted molar refractivity (Wildman–Crippen MR) is 114 cm³/mol. The van der Waals surface area contributed by atoms with Crippen LogP contribution < -0.4 is 5.32 Å². The zero-order valence-corrected chi connectivity index (χ0v) is 17.5. The fourth-order valence-electron chi connectivity index (χ4n) is 4.14. The molecule has 2 aliphatic rings. The molecule has 3 heterocycles. The van der Waals surface area contributed by atoms with Crippen molar-refractivity contribution in [1.29, 1.82) is 0 Å². The number of aromatic nitrogens is 4. The van der Waals surface area contributed by atoms with Gasteiger partial charge >= 0.3 is 0 Å². The van der Waals surface area contributed by atoms with Crippen LogP contribution in [0.2, 0.25) is 0 Å². The van der Waals surface area contributed by atoms with Gasteiger partial charge in [-0.25, -0.2) is 14.6 Å². The Morgan fingerprint density at radius 3 is 2.94 bits per heavy atom. The number of rotatable bonds is 4. The van der Waals surface area contributed by atoms with Gasteiger partial charge in [0.05, 0.1) is 49.1 Å². The summed E-state index contributed by atoms with van der Waals surface area (Å²) in [6.45, 7) is 3.89. The second-order valence-electron chi connectivity index (χ2n) is 7.89. The largest absolute Gasteiger partial charge is 0.376 e. The van der Waals surface area contributed by atoms with Crippen molar-refractivity contribution in [2.45, 2.75) is 32.3 Å². The van der Waals surface area contributed by atoms with Gasteiger partial charge in [-0.05, 0) is 37.3 Å². The molecule has 8 heteroatoms. The van der Waals surface area contributed by atoms with Crippen LogP contribution in [0.25, 0.3) is 17.2 Å². The first-order chi connectivity index (χ1) is 15.2. The third kappa shape index (κ3) is 3.96. The lowest BCUT2D eigenvalue weighted by Gasteiger charge is -2.23. The molecule has 1 atom stereocenters. The molecular formula is C23H25N5O3. The van der Waals surface area contributed by atoms with E-state index in [0.29, 0.717) is 43.6 Å². The quantitative estimate of drug-likeness (QED) is 0.698. The summed E-state index contributed by atoms with van der Waals surface area (Å²) in [4.78, 5) is 22.1. The Bertz CT molecular complexity index is 1100. The second kappa shape index (κ2) is 8.56. The molecule has 8 nitrogen and oxygen atoms in total. The summed E-state index contributed by atoms with van der Waals surface area (Å²) < 4.78 is 12.6. The minimum absolute atomic E-state index is 0.124. The van der Waals surface area contributed by atoms with Gasteiger partial charge in [-0.2, -0.15) is 5.10 Å². The van der Waals surface area contributed by atoms with Gasteiger partial charge in [-0.3, -0.25) is 4.79 Å². The van der Waals surface area contributed by atoms with Crippen molar-refractivity contribution in [2.75, 3.05) is 26.4 Å². The molecule has 0 radical (unpaired) electrons. The van der Waals surface area contributed by atoms with Gasteiger partial charge in [0.2, 0.25) is 0 Å². The maximum Gasteiger partial charge on any atom is 0.254 e. The standard InChI is InChI=1S/C23H25N5O3/c1-15-20(22(29)24-12-18-14-30-9-10-31-18)13-26-28(15)23-25-11-17-7-4-6-16-5-2-3-8-19(16)21(17)27-23/h2-3,5,8,11,13,18H,4,6-7,9-10,12,14H2,1H3,(H,24,29)/t18-/m0/s1. The third-order valence-electron chi connectivity index (χ3n) is 5.84. The number of amides is 1. The first-order valence-electron chi connectivity index (χ1n) is 10.7. The fourth-order valence-corrected chi connectivity index (χ4v) is 4.14. The van der Waals surface area contributed by atoms with E-state index in [1.54, 1.807) is 10.9 Å². The molecule has 0 bridgehead atoms. The first kappa shape index (κ1) is 19.8. The summed E-state index contributed by atoms with van der Waals surface area (Å²) >= 11 is 0. The highest BCUT2D eigenvalue weighted by Gasteiger charge is 2.21. The smallest absolute Gasteiger partial charge is 0.254 e. The number of nitrogens with one attached hydrogen (secondary N) is 1. The summed E-state index contributed by atoms with van der Waals surface area (Å²) in [6, 6.07) is 8.38. The number of carbonyl (C=O) groups excluding carboxylic acids is 1. The molecule has 0 unspecified atom stereocenters. The molecule has 3 aromatic rings. The van der Waals surface area contributed by atoms with Gasteiger partial charge in [-0.1, -0.05) is 24.3 Å². The highest BCUT2D eigenvalue weighted by molar-refractivity contribution is 5.95. The molecule has 1 aliphatic carbocycles. The molecule has 1 aliphatic heterocycles. The Morgan fingerprint density at radius 2 is 2.06 bits per heavy atom. The number of carbonyl (C=O) groups is 1. The average molecular weight is 419 g/mol. The Morgan fingerprint density at radius 1 is 1.19 bits per heavy atom. The molecule has 1 aromatic carbocycles. The van der Waals surface area contributed by atoms with E-state index in [2.05, 4.69) is 33.6 Å². The topological polar surface area (TPSA) is 91.2 Å². The lowest BCUT2D eigenvalue weighted by atomic mass is 10.0. The van der Waals surface area contributed by atoms with Crippen LogP contribution >= 0.6 is 0 Å². The van der Waals surface area contributed by atoms with Crippen molar-refractivity contribution < 1.29 is 14.3 Å². The molecule has 160 valence electrons. The van der Waals surface area contributed by atoms with Crippen LogP contribution in [0.3, 0.4) is 0 Å². The third-order valence-corrected chi connectivity index (χ3v) is 5.84. The van der Waals surface area contributed by atoms with Crippen molar-refractivity contribution in [2.24, 2.45) is 0 Å². The van der Waals surface area contributed by atoms with Gasteiger partial charge in [0.15, 0.2) is 0 Å². The van der Waals surface area contributed by atoms with E-state index in [1.807, 2.05) is 19.2 Å². The average Bonchev–Trinajstić information content (AvgIpc) is 3.09. The first-order valence-corrected chi connectivity index (χ1v) is 10.7. The number of fused-ring (bicyclic) bond motifs is 3. The molecule has 1 N–H and O–H groups in total. The van der Waals surface area contributed by atoms with Gasteiger partial charge in [0.25, 0.3) is 11.9 Å². The van der Waals surface area contributed by atoms with E-state index >= 15 is 0 Å². The molecular weight excluding hydrogens is 394 g/mol. The summed E-state index contributed by atoms with van der Waals surface area (Å²) in [5, 5.41) is 7.31. The van der Waals surface area contributed by atoms with Crippen LogP contribution in [-0.4, -0.2) is 58.1 Å². The Balaban J connectivity index is 1.40. The lowest BCUT2D eigenvalue weighted by Crippen LogP contribution is -2.39. The zero-order valence-electron chi connectivity index (χ0n) is 17.5. The molecule has 2 aromatic heterocycles. The van der Waals surface area contributed by atoms with Gasteiger partial charge in [0, 0.05) is 18.3 Å². The maximum atomic E-state index is 12.7. The van der Waals surface area contributed by atoms with E-state index in [9.17, 15) is 4.79 Å². The Labute approximate surface area is 180 Å². The summed E-state index contributed by atoms with van der Waals surface area (Å²) in [6.07, 6.45) is 6.38. The van der Waals surface area contributed by atoms with E-state index in [0.717, 1.165) is 36.1 Å². The van der Waals surface area contributed by atoms with E-state index in [1.165, 1.54) is 5.56 Å². The molecule has 5 rings (SSSR count). The van der Waals surface area contributed by atoms with Gasteiger partial charge in [-0.15, -0.1) is 0 Å². The van der Waals surface area contributed by atoms with Crippen molar-refractivity contribution in [1.82, 2.24) is 25.1 Å². The number of ether oxygens (including phenoxy) is 2. The van der Waals surface area contributed by atoms with E-state index < -0.39 is 0 Å². The van der Waals surface area contributed by atoms with Crippen LogP contribution in [0.15, 0.2) is 36.7 Å². The van der Waals surface area contributed by atoms with Crippen LogP contribution in [0.4, 0.5) is 0 Å². The predicted octanol–water partition coefficient (Wildman–Crippen LogP) is 2.27. The molecule has 0 saturated carbocycles. The minimum Gasteiger partial charge on any atom is -0.376 e.